The molecule has 0 unspecified atom stereocenters. The van der Waals surface area contributed by atoms with Gasteiger partial charge >= 0.3 is 17.6 Å². The number of piperidine rings is 3. The van der Waals surface area contributed by atoms with Crippen molar-refractivity contribution < 1.29 is 56.8 Å². The Hall–Kier alpha value is -8.89. The van der Waals surface area contributed by atoms with Crippen molar-refractivity contribution in [1.82, 2.24) is 48.6 Å². The van der Waals surface area contributed by atoms with Crippen LogP contribution in [0.3, 0.4) is 0 Å². The molecule has 0 bridgehead atoms. The first-order chi connectivity index (χ1) is 69.6. The normalized spacial score (nSPS) is 26.7. The van der Waals surface area contributed by atoms with Gasteiger partial charge in [-0.3, -0.25) is 43.0 Å². The number of benzene rings is 5. The van der Waals surface area contributed by atoms with Crippen molar-refractivity contribution >= 4 is 91.3 Å². The molecule has 12 heterocycles. The number of anilines is 2. The number of ether oxygens (including phenoxy) is 5. The number of hydrogen-bond acceptors (Lipinski definition) is 17. The number of esters is 2. The molecule has 11 aliphatic rings. The Morgan fingerprint density at radius 2 is 1.25 bits per heavy atom. The van der Waals surface area contributed by atoms with Crippen LogP contribution in [-0.4, -0.2) is 239 Å². The summed E-state index contributed by atoms with van der Waals surface area (Å²) in [4.78, 5) is 88.2. The monoisotopic (exact) mass is 2050 g/mol. The molecule has 9 aromatic rings. The van der Waals surface area contributed by atoms with E-state index in [1.54, 1.807) is 6.07 Å². The lowest BCUT2D eigenvalue weighted by atomic mass is 9.46. The first kappa shape index (κ1) is 110. The van der Waals surface area contributed by atoms with Gasteiger partial charge in [-0.1, -0.05) is 120 Å². The molecule has 8 aliphatic heterocycles. The lowest BCUT2D eigenvalue weighted by Crippen LogP contribution is -2.68. The van der Waals surface area contributed by atoms with Crippen LogP contribution in [0.15, 0.2) is 108 Å². The molecule has 0 radical (unpaired) electrons. The third kappa shape index (κ3) is 20.9. The number of piperazine rings is 1. The number of halogens is 3. The number of nitrogens with zero attached hydrogens (tertiary/aromatic N) is 11. The number of nitrogens with one attached hydrogen (secondary N) is 2. The number of quaternary nitrogens is 1. The van der Waals surface area contributed by atoms with Crippen LogP contribution in [0.2, 0.25) is 10.0 Å². The van der Waals surface area contributed by atoms with E-state index >= 15 is 0 Å². The Balaban J connectivity index is 0.000000131. The fourth-order valence-electron chi connectivity index (χ4n) is 28.6. The number of aliphatic hydroxyl groups is 1. The number of amides is 2. The van der Waals surface area contributed by atoms with E-state index in [9.17, 15) is 33.5 Å². The summed E-state index contributed by atoms with van der Waals surface area (Å²) < 4.78 is 50.5. The molecule has 2 saturated carbocycles. The summed E-state index contributed by atoms with van der Waals surface area (Å²) in [7, 11) is 4.51. The zero-order valence-corrected chi connectivity index (χ0v) is 93.2. The summed E-state index contributed by atoms with van der Waals surface area (Å²) in [5, 5.41) is 17.9. The minimum absolute atomic E-state index is 0.0300. The second kappa shape index (κ2) is 44.9. The molecule has 7 fully saturated rings. The van der Waals surface area contributed by atoms with Crippen LogP contribution >= 0.6 is 23.2 Å². The van der Waals surface area contributed by atoms with Gasteiger partial charge in [-0.25, -0.2) is 14.2 Å². The van der Waals surface area contributed by atoms with Gasteiger partial charge in [-0.15, -0.1) is 0 Å². The molecule has 796 valence electrons. The predicted octanol–water partition coefficient (Wildman–Crippen LogP) is 21.6. The van der Waals surface area contributed by atoms with Crippen LogP contribution in [0.5, 0.6) is 11.5 Å². The molecule has 4 aromatic heterocycles. The number of para-hydroxylation sites is 4. The number of imidazole rings is 1. The number of aromatic nitrogens is 5. The molecule has 11 atom stereocenters. The van der Waals surface area contributed by atoms with Gasteiger partial charge in [0, 0.05) is 138 Å². The van der Waals surface area contributed by atoms with Gasteiger partial charge in [0.15, 0.2) is 5.75 Å². The Kier molecular flexibility index (Phi) is 33.8. The minimum atomic E-state index is -0.644. The Morgan fingerprint density at radius 3 is 1.90 bits per heavy atom. The van der Waals surface area contributed by atoms with Crippen molar-refractivity contribution in [2.45, 2.75) is 332 Å². The second-order valence-electron chi connectivity index (χ2n) is 46.8. The number of aliphatic hydroxyl groups excluding tert-OH is 1. The number of methoxy groups -OCH3 is 3. The van der Waals surface area contributed by atoms with E-state index in [1.807, 2.05) is 83.3 Å². The van der Waals surface area contributed by atoms with Crippen LogP contribution in [0.1, 0.15) is 289 Å². The molecule has 3 aliphatic carbocycles. The summed E-state index contributed by atoms with van der Waals surface area (Å²) in [5.74, 6) is 0.630. The molecule has 27 heteroatoms. The van der Waals surface area contributed by atoms with E-state index in [4.69, 9.17) is 51.9 Å². The first-order valence-corrected chi connectivity index (χ1v) is 56.0. The van der Waals surface area contributed by atoms with Gasteiger partial charge in [-0.05, 0) is 318 Å². The van der Waals surface area contributed by atoms with Crippen molar-refractivity contribution in [2.75, 3.05) is 129 Å². The fraction of sp³-hybridized carbons (Fsp3) is 0.630. The molecular formula is C119H169Cl2FN13O11+. The SMILES string of the molecule is CC(C)n1c(=O)n(CCCN2CCC(N3C(=O)Cc4cc(Cl)ccc43)CC2)c2ccccc21.CC[N+]1(C(C)C)CCN(c2cc(F)c3c(n2)CCCCC3)CC1.CCc1cc(Cl)c(OC)c(C(=O)NC[C@@H]2CCCN2CC)c1OC(C)C.COC(=O)[C@H]1[C@@H](O)CC[C@@]2(C)CN3CCc4c(n(C(C)C)c5ccccc45)[C@]3(C)C[C@]12C.COC(=O)[C@H]1[C@@H](OC(C)C)CC[C@@]2(C)CN3CCc4c([nH]c5ccccc45)[C@]3(C)C[C@]12C. The molecule has 3 N–H and O–H groups in total. The van der Waals surface area contributed by atoms with E-state index in [1.165, 1.54) is 89.5 Å². The average Bonchev–Trinajstić information content (AvgIpc) is 1.59. The van der Waals surface area contributed by atoms with Gasteiger partial charge in [0.25, 0.3) is 5.91 Å². The summed E-state index contributed by atoms with van der Waals surface area (Å²) in [6, 6.07) is 36.6. The average molecular weight is 2050 g/mol. The number of pyridine rings is 1. The Labute approximate surface area is 877 Å². The van der Waals surface area contributed by atoms with Crippen molar-refractivity contribution in [1.29, 1.82) is 0 Å². The van der Waals surface area contributed by atoms with E-state index in [2.05, 4.69) is 199 Å². The number of likely N-dealkylation sites (tertiary alicyclic amines) is 2. The Bertz CT molecular complexity index is 6230. The van der Waals surface area contributed by atoms with E-state index in [0.29, 0.717) is 64.6 Å². The van der Waals surface area contributed by atoms with Crippen molar-refractivity contribution in [2.24, 2.45) is 33.5 Å². The van der Waals surface area contributed by atoms with Gasteiger partial charge in [0.2, 0.25) is 5.91 Å². The van der Waals surface area contributed by atoms with E-state index in [0.717, 1.165) is 239 Å². The first-order valence-electron chi connectivity index (χ1n) is 55.2. The predicted molar refractivity (Wildman–Crippen MR) is 585 cm³/mol. The number of aromatic amines is 1. The van der Waals surface area contributed by atoms with Crippen molar-refractivity contribution in [3.8, 4) is 11.5 Å². The largest absolute Gasteiger partial charge is 0.494 e. The number of aryl methyl sites for hydroxylation is 3. The highest BCUT2D eigenvalue weighted by atomic mass is 35.5. The maximum absolute atomic E-state index is 14.5. The highest BCUT2D eigenvalue weighted by Gasteiger charge is 2.68. The molecule has 20 rings (SSSR count). The lowest BCUT2D eigenvalue weighted by molar-refractivity contribution is -0.946. The molecule has 24 nitrogen and oxygen atoms in total. The number of fused-ring (bicyclic) bond motifs is 15. The standard InChI is InChI=1S/2C27H38N2O3.C26H31ClN4O2.C20H31ClN2O3.C19H31FN3/c1-17(2)32-21-11-13-25(3)16-29-14-12-19-18-9-7-8-10-20(18)28-23(19)27(29,5)15-26(25,4)22(21)24(30)31-6;1-17(2)29-20-10-8-7-9-18(20)19-12-14-28-16-25(3)13-11-21(30)22(24(31)32-6)26(25,4)15-27(28,5)23(19)29;1-18(2)30-24-7-4-3-6-23(24)29(26(30)33)13-5-12-28-14-10-21(11-15-28)31-22-9-8-20(27)16-19(22)17-25(31)32;1-6-14-11-16(21)19(25-5)17(18(14)26-13(3)4)20(24)22-12-15-9-8-10-23(15)7-2;1-4-23(15(2)3)12-10-22(11-13-23)19-14-17(20)16-8-6-5-7-9-18(16)21-19/h7-10,17,21-22,28H,11-16H2,1-6H3;7-10,17,21-22,30H,11-16H2,1-6H3;3-4,6-9,16,18,21H,5,10-15,17H2,1-2H3;11,13,15H,6-10,12H2,1-5H3,(H,22,24);14-15H,4-13H2,1-3H3/q;;;;+1/t2*21-,22+,25-,26+,27-;;15-;/m00.0./s1. The molecule has 5 aromatic carbocycles. The molecule has 2 amide bonds. The van der Waals surface area contributed by atoms with Gasteiger partial charge < -0.3 is 62.8 Å². The Morgan fingerprint density at radius 1 is 0.630 bits per heavy atom. The number of hydrogen-bond donors (Lipinski definition) is 3. The quantitative estimate of drug-likeness (QED) is 0.0326. The topological polar surface area (TPSA) is 227 Å². The fourth-order valence-corrected chi connectivity index (χ4v) is 29.1. The summed E-state index contributed by atoms with van der Waals surface area (Å²) in [5.41, 5.74) is 14.6. The number of carbonyl (C=O) groups excluding carboxylic acids is 4. The maximum Gasteiger partial charge on any atom is 0.329 e. The number of rotatable bonds is 22. The van der Waals surface area contributed by atoms with Crippen molar-refractivity contribution in [3.63, 3.8) is 0 Å². The van der Waals surface area contributed by atoms with Crippen LogP contribution in [-0.2, 0) is 84.7 Å². The molecule has 146 heavy (non-hydrogen) atoms. The summed E-state index contributed by atoms with van der Waals surface area (Å²) in [6.45, 7) is 57.6. The zero-order valence-electron chi connectivity index (χ0n) is 91.7. The van der Waals surface area contributed by atoms with Crippen LogP contribution < -0.4 is 30.3 Å². The lowest BCUT2D eigenvalue weighted by Gasteiger charge is -2.66. The summed E-state index contributed by atoms with van der Waals surface area (Å²) in [6.07, 6.45) is 18.3. The van der Waals surface area contributed by atoms with Gasteiger partial charge in [0.05, 0.1) is 130 Å². The minimum Gasteiger partial charge on any atom is -0.494 e. The zero-order chi connectivity index (χ0) is 105. The molecular weight excluding hydrogens is 1880 g/mol. The highest BCUT2D eigenvalue weighted by Crippen LogP contribution is 2.67. The van der Waals surface area contributed by atoms with Gasteiger partial charge in [0.1, 0.15) is 22.9 Å². The summed E-state index contributed by atoms with van der Waals surface area (Å²) >= 11 is 12.5. The maximum atomic E-state index is 14.5. The third-order valence-corrected chi connectivity index (χ3v) is 37.4. The van der Waals surface area contributed by atoms with Crippen LogP contribution in [0.25, 0.3) is 32.8 Å². The molecule has 5 saturated heterocycles. The van der Waals surface area contributed by atoms with Crippen molar-refractivity contribution in [3.05, 3.63) is 180 Å². The smallest absolute Gasteiger partial charge is 0.329 e. The van der Waals surface area contributed by atoms with Crippen LogP contribution in [0, 0.1) is 39.3 Å². The molecule has 0 spiro atoms. The second-order valence-corrected chi connectivity index (χ2v) is 47.7. The van der Waals surface area contributed by atoms with E-state index in [-0.39, 0.29) is 104 Å². The number of carbonyl (C=O) groups is 4. The number of likely N-dealkylation sites (N-methyl/N-ethyl adjacent to an activating group) is 2. The number of H-pyrrole nitrogens is 1. The highest BCUT2D eigenvalue weighted by molar-refractivity contribution is 6.33. The van der Waals surface area contributed by atoms with E-state index < -0.39 is 12.0 Å². The third-order valence-electron chi connectivity index (χ3n) is 36.8. The van der Waals surface area contributed by atoms with Gasteiger partial charge in [-0.2, -0.15) is 0 Å². The van der Waals surface area contributed by atoms with Crippen LogP contribution in [0.4, 0.5) is 15.9 Å².